The smallest absolute Gasteiger partial charge is 0.195 e. The van der Waals surface area contributed by atoms with Gasteiger partial charge in [-0.25, -0.2) is 10.9 Å². The lowest BCUT2D eigenvalue weighted by Gasteiger charge is -2.46. The molecule has 3 aliphatic carbocycles. The summed E-state index contributed by atoms with van der Waals surface area (Å²) in [6.07, 6.45) is 6.98. The van der Waals surface area contributed by atoms with E-state index in [-0.39, 0.29) is 5.66 Å². The van der Waals surface area contributed by atoms with Crippen LogP contribution in [0, 0.1) is 23.7 Å². The van der Waals surface area contributed by atoms with E-state index in [2.05, 4.69) is 21.7 Å². The molecule has 3 saturated carbocycles. The predicted octanol–water partition coefficient (Wildman–Crippen LogP) is 0.626. The average Bonchev–Trinajstić information content (AvgIpc) is 2.93. The highest BCUT2D eigenvalue weighted by molar-refractivity contribution is 7.80. The Labute approximate surface area is 101 Å². The fourth-order valence-electron chi connectivity index (χ4n) is 4.83. The second-order valence-corrected chi connectivity index (χ2v) is 6.27. The van der Waals surface area contributed by atoms with E-state index in [0.29, 0.717) is 5.11 Å². The third-order valence-corrected chi connectivity index (χ3v) is 5.52. The zero-order valence-electron chi connectivity index (χ0n) is 9.25. The van der Waals surface area contributed by atoms with Gasteiger partial charge in [-0.15, -0.1) is 0 Å². The van der Waals surface area contributed by atoms with Crippen molar-refractivity contribution < 1.29 is 0 Å². The summed E-state index contributed by atoms with van der Waals surface area (Å²) in [5.41, 5.74) is 13.1. The van der Waals surface area contributed by atoms with Crippen molar-refractivity contribution in [1.82, 2.24) is 21.7 Å². The highest BCUT2D eigenvalue weighted by Crippen LogP contribution is 2.61. The summed E-state index contributed by atoms with van der Waals surface area (Å²) in [6, 6.07) is 0. The Kier molecular flexibility index (Phi) is 1.86. The van der Waals surface area contributed by atoms with E-state index < -0.39 is 0 Å². The lowest BCUT2D eigenvalue weighted by atomic mass is 9.76. The van der Waals surface area contributed by atoms with Gasteiger partial charge >= 0.3 is 0 Å². The SMILES string of the molecule is S=C1NNC2(CC3CC2[C@H]2CCC[C@@H]32)NN1. The van der Waals surface area contributed by atoms with Crippen LogP contribution in [0.3, 0.4) is 0 Å². The molecule has 1 spiro atoms. The van der Waals surface area contributed by atoms with Crippen LogP contribution in [0.2, 0.25) is 0 Å². The minimum absolute atomic E-state index is 0.0541. The van der Waals surface area contributed by atoms with Crippen molar-refractivity contribution in [2.75, 3.05) is 0 Å². The molecule has 1 aliphatic heterocycles. The predicted molar refractivity (Wildman–Crippen MR) is 64.9 cm³/mol. The molecular weight excluding hydrogens is 220 g/mol. The summed E-state index contributed by atoms with van der Waals surface area (Å²) in [4.78, 5) is 0. The van der Waals surface area contributed by atoms with Gasteiger partial charge in [0.15, 0.2) is 5.11 Å². The molecular formula is C11H18N4S. The third-order valence-electron chi connectivity index (χ3n) is 5.32. The van der Waals surface area contributed by atoms with Gasteiger partial charge in [0.05, 0.1) is 0 Å². The number of hydrogen-bond donors (Lipinski definition) is 4. The largest absolute Gasteiger partial charge is 0.295 e. The number of fused-ring (bicyclic) bond motifs is 6. The van der Waals surface area contributed by atoms with Crippen molar-refractivity contribution in [2.24, 2.45) is 23.7 Å². The molecule has 2 bridgehead atoms. The minimum atomic E-state index is 0.0541. The zero-order valence-corrected chi connectivity index (χ0v) is 10.1. The van der Waals surface area contributed by atoms with Crippen molar-refractivity contribution in [3.8, 4) is 0 Å². The Hall–Kier alpha value is -0.390. The first-order chi connectivity index (χ1) is 7.78. The number of hydrazine groups is 2. The molecule has 4 nitrogen and oxygen atoms in total. The fourth-order valence-corrected chi connectivity index (χ4v) is 4.93. The van der Waals surface area contributed by atoms with Crippen LogP contribution in [0.4, 0.5) is 0 Å². The van der Waals surface area contributed by atoms with Crippen LogP contribution in [0.5, 0.6) is 0 Å². The summed E-state index contributed by atoms with van der Waals surface area (Å²) in [5, 5.41) is 0.649. The maximum absolute atomic E-state index is 5.06. The van der Waals surface area contributed by atoms with Gasteiger partial charge in [0, 0.05) is 0 Å². The molecule has 2 unspecified atom stereocenters. The van der Waals surface area contributed by atoms with Crippen LogP contribution >= 0.6 is 12.2 Å². The Bertz CT molecular complexity index is 335. The average molecular weight is 238 g/mol. The highest BCUT2D eigenvalue weighted by Gasteiger charge is 2.61. The fraction of sp³-hybridized carbons (Fsp3) is 0.909. The van der Waals surface area contributed by atoms with E-state index in [9.17, 15) is 0 Å². The Balaban J connectivity index is 1.61. The molecule has 0 aromatic rings. The molecule has 4 rings (SSSR count). The van der Waals surface area contributed by atoms with E-state index in [4.69, 9.17) is 12.2 Å². The van der Waals surface area contributed by atoms with E-state index >= 15 is 0 Å². The summed E-state index contributed by atoms with van der Waals surface area (Å²) in [7, 11) is 0. The summed E-state index contributed by atoms with van der Waals surface area (Å²) in [6.45, 7) is 0. The van der Waals surface area contributed by atoms with Crippen LogP contribution in [-0.4, -0.2) is 10.8 Å². The van der Waals surface area contributed by atoms with Gasteiger partial charge in [-0.05, 0) is 61.6 Å². The molecule has 88 valence electrons. The lowest BCUT2D eigenvalue weighted by Crippen LogP contribution is -2.76. The number of hydrogen-bond acceptors (Lipinski definition) is 3. The molecule has 1 saturated heterocycles. The van der Waals surface area contributed by atoms with Crippen molar-refractivity contribution in [2.45, 2.75) is 37.8 Å². The maximum Gasteiger partial charge on any atom is 0.195 e. The second kappa shape index (κ2) is 3.09. The number of rotatable bonds is 0. The molecule has 1 heterocycles. The van der Waals surface area contributed by atoms with Crippen molar-refractivity contribution >= 4 is 17.3 Å². The molecule has 5 heteroatoms. The van der Waals surface area contributed by atoms with Gasteiger partial charge in [-0.1, -0.05) is 6.42 Å². The van der Waals surface area contributed by atoms with Gasteiger partial charge in [0.25, 0.3) is 0 Å². The summed E-state index contributed by atoms with van der Waals surface area (Å²) < 4.78 is 0. The van der Waals surface area contributed by atoms with Crippen LogP contribution in [0.25, 0.3) is 0 Å². The molecule has 16 heavy (non-hydrogen) atoms. The van der Waals surface area contributed by atoms with Gasteiger partial charge < -0.3 is 0 Å². The van der Waals surface area contributed by atoms with Crippen LogP contribution in [-0.2, 0) is 0 Å². The van der Waals surface area contributed by atoms with E-state index in [0.717, 1.165) is 23.7 Å². The summed E-state index contributed by atoms with van der Waals surface area (Å²) in [5.74, 6) is 3.66. The minimum Gasteiger partial charge on any atom is -0.295 e. The molecule has 0 aromatic heterocycles. The van der Waals surface area contributed by atoms with Gasteiger partial charge in [0.1, 0.15) is 5.66 Å². The number of nitrogens with one attached hydrogen (secondary N) is 4. The van der Waals surface area contributed by atoms with Gasteiger partial charge in [-0.3, -0.25) is 10.9 Å². The molecule has 0 aromatic carbocycles. The van der Waals surface area contributed by atoms with Crippen molar-refractivity contribution in [1.29, 1.82) is 0 Å². The standard InChI is InChI=1S/C11H18N4S/c16-10-12-14-11(15-13-10)5-6-4-9(11)8-3-1-2-7(6)8/h6-9,14-15H,1-5H2,(H2,12,13,16)/t6?,7-,8-,9?/m0/s1. The first-order valence-electron chi connectivity index (χ1n) is 6.39. The van der Waals surface area contributed by atoms with Crippen LogP contribution < -0.4 is 21.7 Å². The van der Waals surface area contributed by atoms with Gasteiger partial charge in [-0.2, -0.15) is 0 Å². The Morgan fingerprint density at radius 2 is 1.88 bits per heavy atom. The molecule has 4 aliphatic rings. The second-order valence-electron chi connectivity index (χ2n) is 5.87. The Morgan fingerprint density at radius 1 is 1.12 bits per heavy atom. The lowest BCUT2D eigenvalue weighted by molar-refractivity contribution is 0.0646. The van der Waals surface area contributed by atoms with Gasteiger partial charge in [0.2, 0.25) is 0 Å². The van der Waals surface area contributed by atoms with Crippen molar-refractivity contribution in [3.05, 3.63) is 0 Å². The van der Waals surface area contributed by atoms with Crippen molar-refractivity contribution in [3.63, 3.8) is 0 Å². The van der Waals surface area contributed by atoms with E-state index in [1.54, 1.807) is 0 Å². The molecule has 4 fully saturated rings. The topological polar surface area (TPSA) is 48.1 Å². The monoisotopic (exact) mass is 238 g/mol. The molecule has 4 atom stereocenters. The highest BCUT2D eigenvalue weighted by atomic mass is 32.1. The normalized spacial score (nSPS) is 47.9. The number of thiocarbonyl (C=S) groups is 1. The molecule has 0 amide bonds. The summed E-state index contributed by atoms with van der Waals surface area (Å²) >= 11 is 5.06. The quantitative estimate of drug-likeness (QED) is 0.466. The van der Waals surface area contributed by atoms with E-state index in [1.807, 2.05) is 0 Å². The zero-order chi connectivity index (χ0) is 10.8. The molecule has 0 radical (unpaired) electrons. The van der Waals surface area contributed by atoms with Crippen LogP contribution in [0.1, 0.15) is 32.1 Å². The third kappa shape index (κ3) is 1.09. The first kappa shape index (κ1) is 9.62. The van der Waals surface area contributed by atoms with Crippen LogP contribution in [0.15, 0.2) is 0 Å². The van der Waals surface area contributed by atoms with E-state index in [1.165, 1.54) is 32.1 Å². The molecule has 4 N–H and O–H groups in total. The Morgan fingerprint density at radius 3 is 2.69 bits per heavy atom. The first-order valence-corrected chi connectivity index (χ1v) is 6.80. The maximum atomic E-state index is 5.06.